The molecule has 38 heavy (non-hydrogen) atoms. The summed E-state index contributed by atoms with van der Waals surface area (Å²) in [4.78, 5) is 22.4. The van der Waals surface area contributed by atoms with Gasteiger partial charge >= 0.3 is 13.8 Å². The number of hydrogen-bond donors (Lipinski definition) is 1. The highest BCUT2D eigenvalue weighted by atomic mass is 31.2. The molecule has 0 aliphatic heterocycles. The molecule has 1 N–H and O–H groups in total. The van der Waals surface area contributed by atoms with Crippen molar-refractivity contribution in [2.75, 3.05) is 54.1 Å². The van der Waals surface area contributed by atoms with Gasteiger partial charge in [-0.1, -0.05) is 104 Å². The molecule has 228 valence electrons. The maximum absolute atomic E-state index is 12.4. The average molecular weight is 567 g/mol. The second kappa shape index (κ2) is 24.3. The van der Waals surface area contributed by atoms with E-state index in [-0.39, 0.29) is 25.8 Å². The molecular weight excluding hydrogens is 505 g/mol. The second-order valence-electron chi connectivity index (χ2n) is 11.5. The number of unbranched alkanes of at least 4 members (excludes halogenated alkanes) is 14. The summed E-state index contributed by atoms with van der Waals surface area (Å²) in [5.41, 5.74) is 0. The Kier molecular flexibility index (Phi) is 24.0. The van der Waals surface area contributed by atoms with E-state index >= 15 is 0 Å². The van der Waals surface area contributed by atoms with Crippen LogP contribution in [0.3, 0.4) is 0 Å². The summed E-state index contributed by atoms with van der Waals surface area (Å²) in [7, 11) is 1.67. The predicted molar refractivity (Wildman–Crippen MR) is 155 cm³/mol. The summed E-state index contributed by atoms with van der Waals surface area (Å²) in [6.45, 7) is 5.54. The Bertz CT molecular complexity index is 598. The summed E-state index contributed by atoms with van der Waals surface area (Å²) in [6, 6.07) is 0. The average Bonchev–Trinajstić information content (AvgIpc) is 2.84. The van der Waals surface area contributed by atoms with Crippen LogP contribution in [0, 0.1) is 0 Å². The van der Waals surface area contributed by atoms with Gasteiger partial charge in [0, 0.05) is 13.0 Å². The third kappa shape index (κ3) is 27.1. The summed E-state index contributed by atoms with van der Waals surface area (Å²) >= 11 is 0. The summed E-state index contributed by atoms with van der Waals surface area (Å²) < 4.78 is 34.4. The van der Waals surface area contributed by atoms with Crippen LogP contribution in [0.4, 0.5) is 0 Å². The number of ether oxygens (including phenoxy) is 2. The second-order valence-corrected chi connectivity index (χ2v) is 13.0. The number of carbonyl (C=O) groups excluding carboxylic acids is 1. The largest absolute Gasteiger partial charge is 0.472 e. The van der Waals surface area contributed by atoms with Gasteiger partial charge in [-0.25, -0.2) is 4.57 Å². The number of hydrogen-bond acceptors (Lipinski definition) is 6. The molecule has 2 unspecified atom stereocenters. The lowest BCUT2D eigenvalue weighted by Gasteiger charge is -2.24. The first kappa shape index (κ1) is 37.5. The molecule has 0 heterocycles. The van der Waals surface area contributed by atoms with Crippen LogP contribution >= 0.6 is 7.82 Å². The number of quaternary nitrogens is 1. The summed E-state index contributed by atoms with van der Waals surface area (Å²) in [5, 5.41) is 0. The maximum atomic E-state index is 12.4. The van der Waals surface area contributed by atoms with Crippen LogP contribution in [0.2, 0.25) is 0 Å². The third-order valence-electron chi connectivity index (χ3n) is 6.42. The number of rotatable bonds is 28. The van der Waals surface area contributed by atoms with Crippen LogP contribution in [0.15, 0.2) is 0 Å². The lowest BCUT2D eigenvalue weighted by atomic mass is 10.1. The fourth-order valence-electron chi connectivity index (χ4n) is 3.96. The van der Waals surface area contributed by atoms with Gasteiger partial charge in [0.25, 0.3) is 0 Å². The van der Waals surface area contributed by atoms with Gasteiger partial charge in [0.1, 0.15) is 19.3 Å². The normalized spacial score (nSPS) is 14.4. The van der Waals surface area contributed by atoms with Crippen molar-refractivity contribution in [3.05, 3.63) is 0 Å². The number of likely N-dealkylation sites (N-methyl/N-ethyl adjacent to an activating group) is 1. The van der Waals surface area contributed by atoms with Crippen LogP contribution < -0.4 is 0 Å². The Morgan fingerprint density at radius 3 is 1.74 bits per heavy atom. The fraction of sp³-hybridized carbons (Fsp3) is 0.966. The molecule has 9 heteroatoms. The smallest absolute Gasteiger partial charge is 0.457 e. The van der Waals surface area contributed by atoms with Crippen molar-refractivity contribution in [1.29, 1.82) is 0 Å². The molecule has 0 aliphatic rings. The van der Waals surface area contributed by atoms with Gasteiger partial charge in [0.05, 0.1) is 34.4 Å². The number of phosphoric ester groups is 1. The van der Waals surface area contributed by atoms with E-state index in [0.717, 1.165) is 32.1 Å². The topological polar surface area (TPSA) is 91.3 Å². The predicted octanol–water partition coefficient (Wildman–Crippen LogP) is 7.43. The van der Waals surface area contributed by atoms with Gasteiger partial charge in [-0.2, -0.15) is 0 Å². The monoisotopic (exact) mass is 566 g/mol. The van der Waals surface area contributed by atoms with Crippen molar-refractivity contribution in [2.24, 2.45) is 0 Å². The molecule has 0 aromatic carbocycles. The Morgan fingerprint density at radius 1 is 0.711 bits per heavy atom. The van der Waals surface area contributed by atoms with Gasteiger partial charge in [-0.15, -0.1) is 0 Å². The highest BCUT2D eigenvalue weighted by Crippen LogP contribution is 2.43. The highest BCUT2D eigenvalue weighted by molar-refractivity contribution is 7.47. The molecular formula is C29H61NO7P+. The molecule has 2 atom stereocenters. The number of phosphoric acid groups is 1. The molecule has 0 aliphatic carbocycles. The van der Waals surface area contributed by atoms with E-state index in [0.29, 0.717) is 24.1 Å². The third-order valence-corrected chi connectivity index (χ3v) is 7.40. The Labute approximate surface area is 234 Å². The standard InChI is InChI=1S/C29H60NO7P/c1-6-8-10-12-14-15-16-17-19-21-24-34-26-28(37-29(31)22-20-18-13-11-9-7-2)27-36-38(32,33)35-25-23-30(3,4)5/h28H,6-27H2,1-5H3/p+1. The van der Waals surface area contributed by atoms with Gasteiger partial charge in [-0.05, 0) is 12.8 Å². The zero-order chi connectivity index (χ0) is 28.5. The quantitative estimate of drug-likeness (QED) is 0.0456. The van der Waals surface area contributed by atoms with Gasteiger partial charge in [0.15, 0.2) is 0 Å². The number of nitrogens with zero attached hydrogens (tertiary/aromatic N) is 1. The molecule has 0 saturated heterocycles. The van der Waals surface area contributed by atoms with Gasteiger partial charge in [-0.3, -0.25) is 13.8 Å². The van der Waals surface area contributed by atoms with E-state index in [1.165, 1.54) is 70.6 Å². The minimum absolute atomic E-state index is 0.0923. The van der Waals surface area contributed by atoms with Crippen molar-refractivity contribution in [2.45, 2.75) is 129 Å². The van der Waals surface area contributed by atoms with Crippen molar-refractivity contribution < 1.29 is 37.3 Å². The lowest BCUT2D eigenvalue weighted by molar-refractivity contribution is -0.870. The fourth-order valence-corrected chi connectivity index (χ4v) is 4.70. The van der Waals surface area contributed by atoms with Gasteiger partial charge in [0.2, 0.25) is 0 Å². The SMILES string of the molecule is CCCCCCCCCCCCOCC(COP(=O)(O)OCC[N+](C)(C)C)OC(=O)CCCCCCCC. The van der Waals surface area contributed by atoms with Crippen molar-refractivity contribution >= 4 is 13.8 Å². The van der Waals surface area contributed by atoms with Crippen LogP contribution in [-0.4, -0.2) is 75.6 Å². The van der Waals surface area contributed by atoms with Crippen molar-refractivity contribution in [1.82, 2.24) is 0 Å². The number of carbonyl (C=O) groups is 1. The lowest BCUT2D eigenvalue weighted by Crippen LogP contribution is -2.37. The maximum Gasteiger partial charge on any atom is 0.472 e. The van der Waals surface area contributed by atoms with Crippen LogP contribution in [-0.2, 0) is 27.9 Å². The van der Waals surface area contributed by atoms with Crippen molar-refractivity contribution in [3.63, 3.8) is 0 Å². The minimum Gasteiger partial charge on any atom is -0.457 e. The molecule has 8 nitrogen and oxygen atoms in total. The van der Waals surface area contributed by atoms with E-state index in [4.69, 9.17) is 18.5 Å². The molecule has 0 aromatic rings. The first-order chi connectivity index (χ1) is 18.1. The first-order valence-electron chi connectivity index (χ1n) is 15.3. The Morgan fingerprint density at radius 2 is 1.21 bits per heavy atom. The van der Waals surface area contributed by atoms with Crippen molar-refractivity contribution in [3.8, 4) is 0 Å². The van der Waals surface area contributed by atoms with E-state index in [1.54, 1.807) is 0 Å². The highest BCUT2D eigenvalue weighted by Gasteiger charge is 2.26. The van der Waals surface area contributed by atoms with E-state index in [1.807, 2.05) is 21.1 Å². The molecule has 0 saturated carbocycles. The first-order valence-corrected chi connectivity index (χ1v) is 16.8. The van der Waals surface area contributed by atoms with E-state index in [2.05, 4.69) is 13.8 Å². The summed E-state index contributed by atoms with van der Waals surface area (Å²) in [5.74, 6) is -0.324. The molecule has 0 fully saturated rings. The van der Waals surface area contributed by atoms with Crippen LogP contribution in [0.25, 0.3) is 0 Å². The van der Waals surface area contributed by atoms with Crippen LogP contribution in [0.1, 0.15) is 123 Å². The minimum atomic E-state index is -4.24. The molecule has 0 bridgehead atoms. The molecule has 0 rings (SSSR count). The Hall–Kier alpha value is -0.500. The molecule has 0 aromatic heterocycles. The molecule has 0 radical (unpaired) electrons. The number of esters is 1. The van der Waals surface area contributed by atoms with E-state index < -0.39 is 13.9 Å². The Balaban J connectivity index is 4.35. The molecule has 0 spiro atoms. The zero-order valence-corrected chi connectivity index (χ0v) is 26.3. The zero-order valence-electron chi connectivity index (χ0n) is 25.4. The molecule has 0 amide bonds. The van der Waals surface area contributed by atoms with Crippen LogP contribution in [0.5, 0.6) is 0 Å². The van der Waals surface area contributed by atoms with E-state index in [9.17, 15) is 14.3 Å². The summed E-state index contributed by atoms with van der Waals surface area (Å²) in [6.07, 6.45) is 18.6. The van der Waals surface area contributed by atoms with Gasteiger partial charge < -0.3 is 18.9 Å².